The van der Waals surface area contributed by atoms with Gasteiger partial charge in [0.15, 0.2) is 11.6 Å². The topological polar surface area (TPSA) is 54.0 Å². The second kappa shape index (κ2) is 7.53. The summed E-state index contributed by atoms with van der Waals surface area (Å²) in [6.45, 7) is 0.103. The van der Waals surface area contributed by atoms with E-state index in [9.17, 15) is 13.6 Å². The number of nitrogens with zero attached hydrogens (tertiary/aromatic N) is 1. The quantitative estimate of drug-likeness (QED) is 0.732. The molecular formula is C19H15F2N3O. The lowest BCUT2D eigenvalue weighted by molar-refractivity contribution is 0.102. The van der Waals surface area contributed by atoms with Gasteiger partial charge in [0.25, 0.3) is 5.91 Å². The summed E-state index contributed by atoms with van der Waals surface area (Å²) in [5.41, 5.74) is 1.30. The molecule has 0 unspecified atom stereocenters. The van der Waals surface area contributed by atoms with Crippen molar-refractivity contribution < 1.29 is 13.6 Å². The van der Waals surface area contributed by atoms with Crippen LogP contribution in [0.4, 0.5) is 20.3 Å². The van der Waals surface area contributed by atoms with Crippen LogP contribution in [0.15, 0.2) is 66.9 Å². The van der Waals surface area contributed by atoms with Crippen molar-refractivity contribution >= 4 is 17.4 Å². The van der Waals surface area contributed by atoms with Gasteiger partial charge in [0.05, 0.1) is 11.9 Å². The number of anilines is 2. The second-order valence-electron chi connectivity index (χ2n) is 5.32. The Hall–Kier alpha value is -3.28. The maximum absolute atomic E-state index is 13.6. The van der Waals surface area contributed by atoms with Crippen LogP contribution in [0, 0.1) is 11.6 Å². The third kappa shape index (κ3) is 4.17. The summed E-state index contributed by atoms with van der Waals surface area (Å²) in [5, 5.41) is 5.65. The van der Waals surface area contributed by atoms with Crippen LogP contribution in [0.3, 0.4) is 0 Å². The van der Waals surface area contributed by atoms with Crippen LogP contribution in [0.1, 0.15) is 15.9 Å². The second-order valence-corrected chi connectivity index (χ2v) is 5.32. The molecule has 0 aliphatic rings. The lowest BCUT2D eigenvalue weighted by Gasteiger charge is -2.09. The minimum absolute atomic E-state index is 0.103. The Labute approximate surface area is 143 Å². The number of benzene rings is 2. The normalized spacial score (nSPS) is 10.3. The summed E-state index contributed by atoms with van der Waals surface area (Å²) >= 11 is 0. The molecule has 1 amide bonds. The number of amides is 1. The van der Waals surface area contributed by atoms with Crippen molar-refractivity contribution in [1.82, 2.24) is 4.98 Å². The number of hydrogen-bond acceptors (Lipinski definition) is 3. The molecule has 0 fully saturated rings. The Morgan fingerprint density at radius 3 is 2.48 bits per heavy atom. The first-order valence-electron chi connectivity index (χ1n) is 7.63. The minimum Gasteiger partial charge on any atom is -0.366 e. The predicted octanol–water partition coefficient (Wildman–Crippen LogP) is 4.22. The van der Waals surface area contributed by atoms with Gasteiger partial charge in [0.2, 0.25) is 0 Å². The highest BCUT2D eigenvalue weighted by Crippen LogP contribution is 2.15. The van der Waals surface area contributed by atoms with Gasteiger partial charge in [0, 0.05) is 17.7 Å². The van der Waals surface area contributed by atoms with Gasteiger partial charge >= 0.3 is 0 Å². The zero-order chi connectivity index (χ0) is 17.6. The van der Waals surface area contributed by atoms with Gasteiger partial charge in [-0.2, -0.15) is 0 Å². The number of pyridine rings is 1. The van der Waals surface area contributed by atoms with Crippen molar-refractivity contribution in [2.75, 3.05) is 10.6 Å². The molecule has 126 valence electrons. The van der Waals surface area contributed by atoms with Gasteiger partial charge in [-0.15, -0.1) is 0 Å². The molecule has 2 aromatic carbocycles. The van der Waals surface area contributed by atoms with Crippen LogP contribution in [0.2, 0.25) is 0 Å². The number of carbonyl (C=O) groups is 1. The van der Waals surface area contributed by atoms with Crippen molar-refractivity contribution in [2.45, 2.75) is 6.54 Å². The third-order valence-electron chi connectivity index (χ3n) is 3.55. The fourth-order valence-electron chi connectivity index (χ4n) is 2.24. The molecule has 0 atom stereocenters. The summed E-state index contributed by atoms with van der Waals surface area (Å²) in [6.07, 6.45) is 1.49. The molecule has 0 radical (unpaired) electrons. The lowest BCUT2D eigenvalue weighted by Crippen LogP contribution is -2.12. The molecular weight excluding hydrogens is 324 g/mol. The van der Waals surface area contributed by atoms with Gasteiger partial charge < -0.3 is 10.6 Å². The van der Waals surface area contributed by atoms with E-state index in [2.05, 4.69) is 15.6 Å². The van der Waals surface area contributed by atoms with E-state index in [1.807, 2.05) is 6.07 Å². The molecule has 2 N–H and O–H groups in total. The van der Waals surface area contributed by atoms with Crippen LogP contribution in [0.5, 0.6) is 0 Å². The van der Waals surface area contributed by atoms with Crippen molar-refractivity contribution in [3.05, 3.63) is 89.6 Å². The summed E-state index contributed by atoms with van der Waals surface area (Å²) < 4.78 is 26.8. The molecule has 0 aliphatic heterocycles. The third-order valence-corrected chi connectivity index (χ3v) is 3.55. The van der Waals surface area contributed by atoms with Crippen LogP contribution < -0.4 is 10.6 Å². The first-order chi connectivity index (χ1) is 12.1. The first kappa shape index (κ1) is 16.6. The molecule has 3 rings (SSSR count). The molecule has 25 heavy (non-hydrogen) atoms. The number of carbonyl (C=O) groups excluding carboxylic acids is 1. The van der Waals surface area contributed by atoms with Crippen molar-refractivity contribution in [2.24, 2.45) is 0 Å². The highest BCUT2D eigenvalue weighted by atomic mass is 19.2. The number of hydrogen-bond donors (Lipinski definition) is 2. The van der Waals surface area contributed by atoms with E-state index >= 15 is 0 Å². The molecule has 6 heteroatoms. The van der Waals surface area contributed by atoms with E-state index in [-0.39, 0.29) is 18.0 Å². The average molecular weight is 339 g/mol. The Bertz CT molecular complexity index is 868. The van der Waals surface area contributed by atoms with Crippen molar-refractivity contribution in [3.8, 4) is 0 Å². The van der Waals surface area contributed by atoms with E-state index in [1.165, 1.54) is 18.3 Å². The van der Waals surface area contributed by atoms with Crippen molar-refractivity contribution in [1.29, 1.82) is 0 Å². The average Bonchev–Trinajstić information content (AvgIpc) is 2.65. The maximum atomic E-state index is 13.6. The summed E-state index contributed by atoms with van der Waals surface area (Å²) in [6, 6.07) is 16.2. The molecule has 3 aromatic rings. The van der Waals surface area contributed by atoms with Crippen molar-refractivity contribution in [3.63, 3.8) is 0 Å². The molecule has 4 nitrogen and oxygen atoms in total. The molecule has 0 aliphatic carbocycles. The van der Waals surface area contributed by atoms with Gasteiger partial charge in [0.1, 0.15) is 5.82 Å². The SMILES string of the molecule is O=C(Nc1ccc(NCc2cccc(F)c2F)nc1)c1ccccc1. The molecule has 1 heterocycles. The summed E-state index contributed by atoms with van der Waals surface area (Å²) in [5.74, 6) is -1.50. The van der Waals surface area contributed by atoms with Gasteiger partial charge in [-0.05, 0) is 30.3 Å². The standard InChI is InChI=1S/C19H15F2N3O/c20-16-8-4-7-14(18(16)21)11-22-17-10-9-15(12-23-17)24-19(25)13-5-2-1-3-6-13/h1-10,12H,11H2,(H,22,23)(H,24,25). The zero-order valence-electron chi connectivity index (χ0n) is 13.2. The van der Waals surface area contributed by atoms with Gasteiger partial charge in [-0.25, -0.2) is 13.8 Å². The zero-order valence-corrected chi connectivity index (χ0v) is 13.2. The number of aromatic nitrogens is 1. The smallest absolute Gasteiger partial charge is 0.255 e. The Morgan fingerprint density at radius 2 is 1.76 bits per heavy atom. The van der Waals surface area contributed by atoms with Gasteiger partial charge in [-0.3, -0.25) is 4.79 Å². The Balaban J connectivity index is 1.61. The lowest BCUT2D eigenvalue weighted by atomic mass is 10.2. The molecule has 1 aromatic heterocycles. The Morgan fingerprint density at radius 1 is 0.960 bits per heavy atom. The largest absolute Gasteiger partial charge is 0.366 e. The first-order valence-corrected chi connectivity index (χ1v) is 7.63. The maximum Gasteiger partial charge on any atom is 0.255 e. The van der Waals surface area contributed by atoms with Crippen LogP contribution in [-0.4, -0.2) is 10.9 Å². The summed E-state index contributed by atoms with van der Waals surface area (Å²) in [7, 11) is 0. The van der Waals surface area contributed by atoms with Crippen LogP contribution >= 0.6 is 0 Å². The fraction of sp³-hybridized carbons (Fsp3) is 0.0526. The van der Waals surface area contributed by atoms with Crippen LogP contribution in [-0.2, 0) is 6.54 Å². The highest BCUT2D eigenvalue weighted by molar-refractivity contribution is 6.04. The number of nitrogens with one attached hydrogen (secondary N) is 2. The van der Waals surface area contributed by atoms with E-state index < -0.39 is 11.6 Å². The molecule has 0 spiro atoms. The predicted molar refractivity (Wildman–Crippen MR) is 92.3 cm³/mol. The molecule has 0 saturated carbocycles. The number of rotatable bonds is 5. The number of halogens is 2. The van der Waals surface area contributed by atoms with E-state index in [0.29, 0.717) is 17.1 Å². The molecule has 0 saturated heterocycles. The van der Waals surface area contributed by atoms with E-state index in [1.54, 1.807) is 36.4 Å². The fourth-order valence-corrected chi connectivity index (χ4v) is 2.24. The van der Waals surface area contributed by atoms with Crippen LogP contribution in [0.25, 0.3) is 0 Å². The Kier molecular flexibility index (Phi) is 4.99. The summed E-state index contributed by atoms with van der Waals surface area (Å²) in [4.78, 5) is 16.2. The molecule has 0 bridgehead atoms. The minimum atomic E-state index is -0.883. The highest BCUT2D eigenvalue weighted by Gasteiger charge is 2.08. The monoisotopic (exact) mass is 339 g/mol. The van der Waals surface area contributed by atoms with Gasteiger partial charge in [-0.1, -0.05) is 30.3 Å². The van der Waals surface area contributed by atoms with E-state index in [4.69, 9.17) is 0 Å². The van der Waals surface area contributed by atoms with E-state index in [0.717, 1.165) is 6.07 Å².